The van der Waals surface area contributed by atoms with E-state index in [1.54, 1.807) is 17.4 Å². The van der Waals surface area contributed by atoms with Crippen LogP contribution in [-0.4, -0.2) is 17.1 Å². The first-order valence-corrected chi connectivity index (χ1v) is 7.36. The first-order valence-electron chi connectivity index (χ1n) is 6.07. The lowest BCUT2D eigenvalue weighted by atomic mass is 10.3. The van der Waals surface area contributed by atoms with Crippen molar-refractivity contribution in [3.8, 4) is 0 Å². The van der Waals surface area contributed by atoms with Gasteiger partial charge in [-0.05, 0) is 42.6 Å². The van der Waals surface area contributed by atoms with E-state index >= 15 is 0 Å². The number of thiocarbonyl (C=S) groups is 1. The molecule has 96 valence electrons. The van der Waals surface area contributed by atoms with Crippen LogP contribution in [-0.2, 0) is 4.79 Å². The molecule has 1 aromatic rings. The maximum atomic E-state index is 11.6. The van der Waals surface area contributed by atoms with E-state index in [0.29, 0.717) is 11.2 Å². The number of rotatable bonds is 3. The quantitative estimate of drug-likeness (QED) is 0.661. The van der Waals surface area contributed by atoms with E-state index in [1.165, 1.54) is 18.9 Å². The third-order valence-corrected chi connectivity index (χ3v) is 3.93. The van der Waals surface area contributed by atoms with E-state index in [9.17, 15) is 4.79 Å². The molecule has 3 nitrogen and oxygen atoms in total. The van der Waals surface area contributed by atoms with Gasteiger partial charge in [-0.25, -0.2) is 0 Å². The molecule has 1 fully saturated rings. The number of thiophene rings is 1. The number of hydrogen-bond donors (Lipinski definition) is 2. The first kappa shape index (κ1) is 13.2. The van der Waals surface area contributed by atoms with Crippen LogP contribution in [0.2, 0.25) is 0 Å². The number of carbonyl (C=O) groups excluding carboxylic acids is 1. The molecule has 0 aliphatic heterocycles. The van der Waals surface area contributed by atoms with E-state index in [2.05, 4.69) is 10.6 Å². The minimum atomic E-state index is -0.182. The zero-order chi connectivity index (χ0) is 12.8. The smallest absolute Gasteiger partial charge is 0.250 e. The van der Waals surface area contributed by atoms with Crippen molar-refractivity contribution in [3.63, 3.8) is 0 Å². The van der Waals surface area contributed by atoms with Crippen molar-refractivity contribution in [2.45, 2.75) is 31.7 Å². The zero-order valence-electron chi connectivity index (χ0n) is 10.0. The number of amides is 1. The van der Waals surface area contributed by atoms with Gasteiger partial charge in [0.15, 0.2) is 5.11 Å². The second-order valence-electron chi connectivity index (χ2n) is 4.29. The molecule has 1 aliphatic carbocycles. The molecule has 0 radical (unpaired) electrons. The molecular formula is C13H16N2OS2. The summed E-state index contributed by atoms with van der Waals surface area (Å²) in [6, 6.07) is 4.34. The number of hydrogen-bond acceptors (Lipinski definition) is 3. The molecule has 1 amide bonds. The fourth-order valence-corrected chi connectivity index (χ4v) is 2.87. The second kappa shape index (κ2) is 6.66. The van der Waals surface area contributed by atoms with E-state index in [4.69, 9.17) is 12.2 Å². The van der Waals surface area contributed by atoms with Crippen molar-refractivity contribution in [1.29, 1.82) is 0 Å². The Bertz CT molecular complexity index is 434. The van der Waals surface area contributed by atoms with Gasteiger partial charge < -0.3 is 5.32 Å². The van der Waals surface area contributed by atoms with E-state index in [0.717, 1.165) is 17.7 Å². The Morgan fingerprint density at radius 3 is 2.89 bits per heavy atom. The molecule has 1 aliphatic rings. The van der Waals surface area contributed by atoms with Gasteiger partial charge in [-0.2, -0.15) is 0 Å². The summed E-state index contributed by atoms with van der Waals surface area (Å²) >= 11 is 6.70. The van der Waals surface area contributed by atoms with Gasteiger partial charge >= 0.3 is 0 Å². The maximum Gasteiger partial charge on any atom is 0.250 e. The molecule has 0 aromatic carbocycles. The number of carbonyl (C=O) groups is 1. The highest BCUT2D eigenvalue weighted by Crippen LogP contribution is 2.17. The summed E-state index contributed by atoms with van der Waals surface area (Å²) in [5.41, 5.74) is 0. The Hall–Kier alpha value is -1.20. The largest absolute Gasteiger partial charge is 0.360 e. The monoisotopic (exact) mass is 280 g/mol. The summed E-state index contributed by atoms with van der Waals surface area (Å²) < 4.78 is 0. The van der Waals surface area contributed by atoms with Crippen molar-refractivity contribution in [2.24, 2.45) is 0 Å². The highest BCUT2D eigenvalue weighted by molar-refractivity contribution is 7.80. The van der Waals surface area contributed by atoms with E-state index < -0.39 is 0 Å². The second-order valence-corrected chi connectivity index (χ2v) is 5.68. The average Bonchev–Trinajstić information content (AvgIpc) is 2.98. The van der Waals surface area contributed by atoms with Gasteiger partial charge in [0.05, 0.1) is 0 Å². The van der Waals surface area contributed by atoms with Crippen LogP contribution in [0.1, 0.15) is 30.6 Å². The summed E-state index contributed by atoms with van der Waals surface area (Å²) in [6.07, 6.45) is 8.06. The Morgan fingerprint density at radius 2 is 2.22 bits per heavy atom. The highest BCUT2D eigenvalue weighted by atomic mass is 32.1. The maximum absolute atomic E-state index is 11.6. The lowest BCUT2D eigenvalue weighted by Crippen LogP contribution is -2.42. The molecule has 1 saturated carbocycles. The Morgan fingerprint density at radius 1 is 1.44 bits per heavy atom. The minimum Gasteiger partial charge on any atom is -0.360 e. The molecule has 2 rings (SSSR count). The molecule has 0 bridgehead atoms. The van der Waals surface area contributed by atoms with Crippen molar-refractivity contribution in [1.82, 2.24) is 10.6 Å². The fourth-order valence-electron chi connectivity index (χ4n) is 1.99. The summed E-state index contributed by atoms with van der Waals surface area (Å²) in [5, 5.41) is 8.25. The third-order valence-electron chi connectivity index (χ3n) is 2.87. The standard InChI is InChI=1S/C13H16N2OS2/c16-12(8-7-11-6-3-9-18-11)15-13(17)14-10-4-1-2-5-10/h3,6-10H,1-2,4-5H2,(H2,14,15,16,17)/b8-7+. The van der Waals surface area contributed by atoms with Gasteiger partial charge in [0, 0.05) is 17.0 Å². The molecule has 0 saturated heterocycles. The van der Waals surface area contributed by atoms with Crippen LogP contribution in [0.3, 0.4) is 0 Å². The van der Waals surface area contributed by atoms with Gasteiger partial charge in [-0.3, -0.25) is 10.1 Å². The van der Waals surface area contributed by atoms with Crippen molar-refractivity contribution in [3.05, 3.63) is 28.5 Å². The van der Waals surface area contributed by atoms with Crippen LogP contribution < -0.4 is 10.6 Å². The zero-order valence-corrected chi connectivity index (χ0v) is 11.7. The van der Waals surface area contributed by atoms with Gasteiger partial charge in [0.1, 0.15) is 0 Å². The molecule has 0 unspecified atom stereocenters. The molecule has 0 atom stereocenters. The molecule has 5 heteroatoms. The topological polar surface area (TPSA) is 41.1 Å². The normalized spacial score (nSPS) is 16.0. The van der Waals surface area contributed by atoms with Gasteiger partial charge in [-0.15, -0.1) is 11.3 Å². The lowest BCUT2D eigenvalue weighted by molar-refractivity contribution is -0.115. The lowest BCUT2D eigenvalue weighted by Gasteiger charge is -2.13. The molecular weight excluding hydrogens is 264 g/mol. The summed E-state index contributed by atoms with van der Waals surface area (Å²) in [6.45, 7) is 0. The van der Waals surface area contributed by atoms with Crippen LogP contribution >= 0.6 is 23.6 Å². The highest BCUT2D eigenvalue weighted by Gasteiger charge is 2.15. The van der Waals surface area contributed by atoms with Crippen LogP contribution in [0.5, 0.6) is 0 Å². The average molecular weight is 280 g/mol. The van der Waals surface area contributed by atoms with Crippen molar-refractivity contribution in [2.75, 3.05) is 0 Å². The Labute approximate surface area is 116 Å². The number of nitrogens with one attached hydrogen (secondary N) is 2. The van der Waals surface area contributed by atoms with E-state index in [-0.39, 0.29) is 5.91 Å². The van der Waals surface area contributed by atoms with E-state index in [1.807, 2.05) is 17.5 Å². The Balaban J connectivity index is 1.74. The predicted octanol–water partition coefficient (Wildman–Crippen LogP) is 2.69. The van der Waals surface area contributed by atoms with Crippen LogP contribution in [0.15, 0.2) is 23.6 Å². The first-order chi connectivity index (χ1) is 8.74. The van der Waals surface area contributed by atoms with Crippen molar-refractivity contribution >= 4 is 40.7 Å². The van der Waals surface area contributed by atoms with Gasteiger partial charge in [0.2, 0.25) is 5.91 Å². The van der Waals surface area contributed by atoms with Crippen LogP contribution in [0.25, 0.3) is 6.08 Å². The summed E-state index contributed by atoms with van der Waals surface area (Å²) in [4.78, 5) is 12.7. The fraction of sp³-hybridized carbons (Fsp3) is 0.385. The van der Waals surface area contributed by atoms with Gasteiger partial charge in [0.25, 0.3) is 0 Å². The van der Waals surface area contributed by atoms with Crippen LogP contribution in [0, 0.1) is 0 Å². The predicted molar refractivity (Wildman–Crippen MR) is 79.5 cm³/mol. The van der Waals surface area contributed by atoms with Crippen LogP contribution in [0.4, 0.5) is 0 Å². The van der Waals surface area contributed by atoms with Crippen molar-refractivity contribution < 1.29 is 4.79 Å². The molecule has 18 heavy (non-hydrogen) atoms. The molecule has 2 N–H and O–H groups in total. The molecule has 1 aromatic heterocycles. The summed E-state index contributed by atoms with van der Waals surface area (Å²) in [5.74, 6) is -0.182. The Kier molecular flexibility index (Phi) is 4.90. The molecule has 1 heterocycles. The van der Waals surface area contributed by atoms with Gasteiger partial charge in [-0.1, -0.05) is 18.9 Å². The third kappa shape index (κ3) is 4.23. The minimum absolute atomic E-state index is 0.182. The SMILES string of the molecule is O=C(/C=C/c1cccs1)NC(=S)NC1CCCC1. The molecule has 0 spiro atoms. The summed E-state index contributed by atoms with van der Waals surface area (Å²) in [7, 11) is 0.